The van der Waals surface area contributed by atoms with Crippen molar-refractivity contribution in [3.8, 4) is 0 Å². The number of nitrogens with zero attached hydrogens (tertiary/aromatic N) is 5. The molecule has 9 heteroatoms. The number of nitrogens with one attached hydrogen (secondary N) is 1. The van der Waals surface area contributed by atoms with Crippen LogP contribution in [0.1, 0.15) is 0 Å². The maximum atomic E-state index is 5.95. The Hall–Kier alpha value is -2.02. The van der Waals surface area contributed by atoms with Crippen molar-refractivity contribution in [1.82, 2.24) is 25.1 Å². The Bertz CT molecular complexity index is 679. The topological polar surface area (TPSA) is 76.5 Å². The first kappa shape index (κ1) is 16.4. The maximum Gasteiger partial charge on any atom is 0.232 e. The summed E-state index contributed by atoms with van der Waals surface area (Å²) in [6, 6.07) is 10.8. The molecule has 6 nitrogen and oxygen atoms in total. The van der Waals surface area contributed by atoms with E-state index in [1.54, 1.807) is 24.5 Å². The van der Waals surface area contributed by atoms with Gasteiger partial charge in [-0.2, -0.15) is 25.1 Å². The van der Waals surface area contributed by atoms with Crippen molar-refractivity contribution in [3.63, 3.8) is 0 Å². The van der Waals surface area contributed by atoms with Crippen LogP contribution in [0.3, 0.4) is 0 Å². The minimum Gasteiger partial charge on any atom is -0.323 e. The van der Waals surface area contributed by atoms with Crippen LogP contribution < -0.4 is 5.32 Å². The predicted octanol–water partition coefficient (Wildman–Crippen LogP) is 4.05. The lowest BCUT2D eigenvalue weighted by atomic mass is 10.3. The van der Waals surface area contributed by atoms with E-state index in [4.69, 9.17) is 34.8 Å². The van der Waals surface area contributed by atoms with Crippen molar-refractivity contribution in [2.45, 2.75) is 0 Å². The summed E-state index contributed by atoms with van der Waals surface area (Å²) in [5, 5.41) is 10.6. The van der Waals surface area contributed by atoms with Gasteiger partial charge in [0.1, 0.15) is 0 Å². The molecule has 0 bridgehead atoms. The Labute approximate surface area is 141 Å². The van der Waals surface area contributed by atoms with E-state index in [2.05, 4.69) is 30.5 Å². The number of hydrogen-bond acceptors (Lipinski definition) is 6. The number of para-hydroxylation sites is 1. The van der Waals surface area contributed by atoms with Crippen LogP contribution in [-0.2, 0) is 0 Å². The number of rotatable bonds is 2. The molecule has 0 aliphatic carbocycles. The van der Waals surface area contributed by atoms with Crippen LogP contribution in [0.4, 0.5) is 11.6 Å². The molecule has 1 aromatic carbocycles. The van der Waals surface area contributed by atoms with Gasteiger partial charge in [0.15, 0.2) is 0 Å². The summed E-state index contributed by atoms with van der Waals surface area (Å²) in [7, 11) is 0. The number of benzene rings is 1. The number of hydrogen-bond donors (Lipinski definition) is 1. The fourth-order valence-corrected chi connectivity index (χ4v) is 1.86. The molecule has 0 amide bonds. The van der Waals surface area contributed by atoms with Gasteiger partial charge in [-0.1, -0.05) is 23.7 Å². The second kappa shape index (κ2) is 8.43. The summed E-state index contributed by atoms with van der Waals surface area (Å²) >= 11 is 17.2. The van der Waals surface area contributed by atoms with Gasteiger partial charge in [0.2, 0.25) is 16.5 Å². The zero-order chi connectivity index (χ0) is 15.8. The standard InChI is InChI=1S/C9H5Cl3N4.C4H4N2/c10-5-3-1-2-4-6(5)13-9-15-7(11)14-8(12)16-9;1-2-4-6-5-3-1/h1-4H,(H,13,14,15,16);1-4H. The van der Waals surface area contributed by atoms with Gasteiger partial charge < -0.3 is 5.32 Å². The fraction of sp³-hybridized carbons (Fsp3) is 0. The summed E-state index contributed by atoms with van der Waals surface area (Å²) < 4.78 is 0. The molecule has 0 atom stereocenters. The molecule has 0 spiro atoms. The van der Waals surface area contributed by atoms with E-state index in [0.29, 0.717) is 10.7 Å². The highest BCUT2D eigenvalue weighted by atomic mass is 35.5. The van der Waals surface area contributed by atoms with Crippen LogP contribution in [0.5, 0.6) is 0 Å². The second-order valence-corrected chi connectivity index (χ2v) is 4.80. The largest absolute Gasteiger partial charge is 0.323 e. The third-order valence-electron chi connectivity index (χ3n) is 2.18. The molecule has 0 unspecified atom stereocenters. The smallest absolute Gasteiger partial charge is 0.232 e. The molecule has 0 saturated heterocycles. The monoisotopic (exact) mass is 354 g/mol. The van der Waals surface area contributed by atoms with Gasteiger partial charge >= 0.3 is 0 Å². The van der Waals surface area contributed by atoms with Gasteiger partial charge in [0.05, 0.1) is 10.7 Å². The molecule has 2 aromatic heterocycles. The van der Waals surface area contributed by atoms with Gasteiger partial charge in [-0.05, 0) is 47.5 Å². The summed E-state index contributed by atoms with van der Waals surface area (Å²) in [6.45, 7) is 0. The zero-order valence-corrected chi connectivity index (χ0v) is 13.3. The van der Waals surface area contributed by atoms with Gasteiger partial charge in [-0.25, -0.2) is 0 Å². The van der Waals surface area contributed by atoms with Crippen molar-refractivity contribution in [3.05, 3.63) is 64.4 Å². The summed E-state index contributed by atoms with van der Waals surface area (Å²) in [5.74, 6) is 0.248. The molecule has 3 aromatic rings. The van der Waals surface area contributed by atoms with Gasteiger partial charge in [-0.3, -0.25) is 0 Å². The van der Waals surface area contributed by atoms with Gasteiger partial charge in [-0.15, -0.1) is 0 Å². The average molecular weight is 356 g/mol. The van der Waals surface area contributed by atoms with E-state index in [-0.39, 0.29) is 16.5 Å². The van der Waals surface area contributed by atoms with E-state index in [1.165, 1.54) is 0 Å². The fourth-order valence-electron chi connectivity index (χ4n) is 1.32. The lowest BCUT2D eigenvalue weighted by Gasteiger charge is -2.06. The van der Waals surface area contributed by atoms with Crippen LogP contribution in [-0.4, -0.2) is 25.1 Å². The Morgan fingerprint density at radius 1 is 0.727 bits per heavy atom. The number of anilines is 2. The van der Waals surface area contributed by atoms with E-state index < -0.39 is 0 Å². The van der Waals surface area contributed by atoms with Crippen molar-refractivity contribution >= 4 is 46.4 Å². The van der Waals surface area contributed by atoms with E-state index in [0.717, 1.165) is 0 Å². The molecule has 0 saturated carbocycles. The number of aromatic nitrogens is 5. The first-order chi connectivity index (χ1) is 10.6. The first-order valence-corrected chi connectivity index (χ1v) is 7.09. The quantitative estimate of drug-likeness (QED) is 0.747. The third-order valence-corrected chi connectivity index (χ3v) is 2.85. The molecular weight excluding hydrogens is 347 g/mol. The highest BCUT2D eigenvalue weighted by molar-refractivity contribution is 6.33. The predicted molar refractivity (Wildman–Crippen MR) is 86.6 cm³/mol. The lowest BCUT2D eigenvalue weighted by molar-refractivity contribution is 1.03. The minimum atomic E-state index is 0.0227. The molecule has 22 heavy (non-hydrogen) atoms. The zero-order valence-electron chi connectivity index (χ0n) is 11.0. The highest BCUT2D eigenvalue weighted by Crippen LogP contribution is 2.23. The maximum absolute atomic E-state index is 5.95. The van der Waals surface area contributed by atoms with Crippen LogP contribution in [0.25, 0.3) is 0 Å². The Morgan fingerprint density at radius 2 is 1.32 bits per heavy atom. The molecule has 0 radical (unpaired) electrons. The van der Waals surface area contributed by atoms with Crippen LogP contribution in [0.2, 0.25) is 15.6 Å². The average Bonchev–Trinajstić information content (AvgIpc) is 2.51. The van der Waals surface area contributed by atoms with Crippen LogP contribution in [0, 0.1) is 0 Å². The lowest BCUT2D eigenvalue weighted by Crippen LogP contribution is -1.99. The summed E-state index contributed by atoms with van der Waals surface area (Å²) in [5.41, 5.74) is 0.669. The minimum absolute atomic E-state index is 0.0227. The molecule has 1 N–H and O–H groups in total. The van der Waals surface area contributed by atoms with Crippen molar-refractivity contribution in [2.24, 2.45) is 0 Å². The second-order valence-electron chi connectivity index (χ2n) is 3.72. The Kier molecular flexibility index (Phi) is 6.27. The molecule has 112 valence electrons. The Morgan fingerprint density at radius 3 is 1.82 bits per heavy atom. The molecular formula is C13H9Cl3N6. The highest BCUT2D eigenvalue weighted by Gasteiger charge is 2.05. The van der Waals surface area contributed by atoms with E-state index in [9.17, 15) is 0 Å². The van der Waals surface area contributed by atoms with E-state index in [1.807, 2.05) is 24.3 Å². The first-order valence-electron chi connectivity index (χ1n) is 5.95. The number of halogens is 3. The van der Waals surface area contributed by atoms with E-state index >= 15 is 0 Å². The molecule has 0 aliphatic heterocycles. The molecule has 0 aliphatic rings. The van der Waals surface area contributed by atoms with Crippen LogP contribution in [0.15, 0.2) is 48.8 Å². The molecule has 3 rings (SSSR count). The van der Waals surface area contributed by atoms with Crippen molar-refractivity contribution in [2.75, 3.05) is 5.32 Å². The van der Waals surface area contributed by atoms with Crippen LogP contribution >= 0.6 is 34.8 Å². The summed E-state index contributed by atoms with van der Waals surface area (Å²) in [6.07, 6.45) is 3.28. The summed E-state index contributed by atoms with van der Waals surface area (Å²) in [4.78, 5) is 11.4. The third kappa shape index (κ3) is 5.40. The normalized spacial score (nSPS) is 9.59. The molecule has 0 fully saturated rings. The van der Waals surface area contributed by atoms with Gasteiger partial charge in [0, 0.05) is 12.4 Å². The van der Waals surface area contributed by atoms with Crippen molar-refractivity contribution < 1.29 is 0 Å². The Balaban J connectivity index is 0.000000246. The van der Waals surface area contributed by atoms with Gasteiger partial charge in [0.25, 0.3) is 0 Å². The van der Waals surface area contributed by atoms with Crippen molar-refractivity contribution in [1.29, 1.82) is 0 Å². The SMILES string of the molecule is Clc1nc(Cl)nc(Nc2ccccc2Cl)n1.c1ccnnc1. The molecule has 2 heterocycles.